The lowest BCUT2D eigenvalue weighted by atomic mass is 9.75. The molecule has 1 heterocycles. The SMILES string of the molecule is COC(=O)c1ccc(NC(=O)c2oc3c(c2C)/C(=N\NC(N)=O)CC(C)(C)C3)cc1. The predicted molar refractivity (Wildman–Crippen MR) is 111 cm³/mol. The molecule has 0 aliphatic heterocycles. The molecule has 1 aromatic carbocycles. The molecular formula is C21H24N4O5. The Balaban J connectivity index is 1.89. The van der Waals surface area contributed by atoms with Gasteiger partial charge in [-0.1, -0.05) is 13.8 Å². The number of rotatable bonds is 4. The van der Waals surface area contributed by atoms with Gasteiger partial charge in [0.15, 0.2) is 5.76 Å². The number of ether oxygens (including phenoxy) is 1. The van der Waals surface area contributed by atoms with Crippen LogP contribution in [0.3, 0.4) is 0 Å². The number of hydrogen-bond acceptors (Lipinski definition) is 6. The van der Waals surface area contributed by atoms with E-state index < -0.39 is 17.9 Å². The van der Waals surface area contributed by atoms with Crippen molar-refractivity contribution in [2.45, 2.75) is 33.6 Å². The summed E-state index contributed by atoms with van der Waals surface area (Å²) in [6, 6.07) is 5.57. The van der Waals surface area contributed by atoms with Crippen molar-refractivity contribution in [3.8, 4) is 0 Å². The molecule has 9 heteroatoms. The second kappa shape index (κ2) is 8.02. The molecule has 1 aliphatic rings. The average molecular weight is 412 g/mol. The van der Waals surface area contributed by atoms with Crippen LogP contribution < -0.4 is 16.5 Å². The summed E-state index contributed by atoms with van der Waals surface area (Å²) < 4.78 is 10.6. The first kappa shape index (κ1) is 21.1. The van der Waals surface area contributed by atoms with Gasteiger partial charge in [0, 0.05) is 23.2 Å². The Labute approximate surface area is 173 Å². The number of methoxy groups -OCH3 is 1. The number of esters is 1. The number of anilines is 1. The summed E-state index contributed by atoms with van der Waals surface area (Å²) in [7, 11) is 1.30. The van der Waals surface area contributed by atoms with Gasteiger partial charge in [-0.15, -0.1) is 0 Å². The third-order valence-corrected chi connectivity index (χ3v) is 4.86. The quantitative estimate of drug-likeness (QED) is 0.524. The van der Waals surface area contributed by atoms with Crippen molar-refractivity contribution in [2.75, 3.05) is 12.4 Å². The molecule has 0 bridgehead atoms. The number of fused-ring (bicyclic) bond motifs is 1. The van der Waals surface area contributed by atoms with Crippen LogP contribution in [0.5, 0.6) is 0 Å². The molecule has 2 aromatic rings. The fraction of sp³-hybridized carbons (Fsp3) is 0.333. The van der Waals surface area contributed by atoms with Crippen molar-refractivity contribution < 1.29 is 23.5 Å². The van der Waals surface area contributed by atoms with Gasteiger partial charge in [0.1, 0.15) is 5.76 Å². The second-order valence-corrected chi connectivity index (χ2v) is 7.93. The van der Waals surface area contributed by atoms with Gasteiger partial charge < -0.3 is 20.2 Å². The third-order valence-electron chi connectivity index (χ3n) is 4.86. The number of hydrogen-bond donors (Lipinski definition) is 3. The summed E-state index contributed by atoms with van der Waals surface area (Å²) in [4.78, 5) is 35.5. The number of carbonyl (C=O) groups excluding carboxylic acids is 3. The fourth-order valence-electron chi connectivity index (χ4n) is 3.54. The number of benzene rings is 1. The molecule has 0 saturated carbocycles. The fourth-order valence-corrected chi connectivity index (χ4v) is 3.54. The predicted octanol–water partition coefficient (Wildman–Crippen LogP) is 2.97. The molecule has 0 unspecified atom stereocenters. The molecule has 0 radical (unpaired) electrons. The summed E-state index contributed by atoms with van der Waals surface area (Å²) in [6.45, 7) is 5.88. The molecule has 0 spiro atoms. The van der Waals surface area contributed by atoms with Gasteiger partial charge in [0.25, 0.3) is 5.91 Å². The summed E-state index contributed by atoms with van der Waals surface area (Å²) in [5.74, 6) is -0.0735. The normalized spacial score (nSPS) is 15.9. The van der Waals surface area contributed by atoms with Gasteiger partial charge in [-0.05, 0) is 43.0 Å². The molecule has 0 saturated heterocycles. The number of primary amides is 1. The minimum absolute atomic E-state index is 0.160. The molecule has 3 amide bonds. The van der Waals surface area contributed by atoms with Gasteiger partial charge in [0.05, 0.1) is 18.4 Å². The number of carbonyl (C=O) groups is 3. The Morgan fingerprint density at radius 2 is 1.83 bits per heavy atom. The van der Waals surface area contributed by atoms with E-state index in [-0.39, 0.29) is 11.2 Å². The van der Waals surface area contributed by atoms with Gasteiger partial charge in [-0.2, -0.15) is 5.10 Å². The zero-order valence-electron chi connectivity index (χ0n) is 17.3. The van der Waals surface area contributed by atoms with E-state index in [4.69, 9.17) is 10.2 Å². The van der Waals surface area contributed by atoms with Crippen LogP contribution in [0, 0.1) is 12.3 Å². The molecule has 1 aromatic heterocycles. The number of amides is 3. The summed E-state index contributed by atoms with van der Waals surface area (Å²) in [5, 5.41) is 6.89. The highest BCUT2D eigenvalue weighted by Crippen LogP contribution is 2.39. The Hall–Kier alpha value is -3.62. The van der Waals surface area contributed by atoms with E-state index in [1.54, 1.807) is 31.2 Å². The molecule has 9 nitrogen and oxygen atoms in total. The minimum Gasteiger partial charge on any atom is -0.465 e. The Morgan fingerprint density at radius 1 is 1.17 bits per heavy atom. The van der Waals surface area contributed by atoms with Crippen molar-refractivity contribution in [3.05, 3.63) is 52.5 Å². The van der Waals surface area contributed by atoms with Crippen LogP contribution in [0.1, 0.15) is 58.1 Å². The van der Waals surface area contributed by atoms with Crippen LogP contribution in [-0.2, 0) is 11.2 Å². The first-order valence-corrected chi connectivity index (χ1v) is 9.35. The number of urea groups is 1. The first-order chi connectivity index (χ1) is 14.1. The van der Waals surface area contributed by atoms with Gasteiger partial charge >= 0.3 is 12.0 Å². The lowest BCUT2D eigenvalue weighted by Crippen LogP contribution is -2.31. The molecule has 0 fully saturated rings. The van der Waals surface area contributed by atoms with Crippen molar-refractivity contribution in [2.24, 2.45) is 16.3 Å². The van der Waals surface area contributed by atoms with E-state index in [1.165, 1.54) is 7.11 Å². The van der Waals surface area contributed by atoms with Crippen molar-refractivity contribution in [3.63, 3.8) is 0 Å². The van der Waals surface area contributed by atoms with Crippen molar-refractivity contribution in [1.29, 1.82) is 0 Å². The van der Waals surface area contributed by atoms with Crippen LogP contribution in [0.4, 0.5) is 10.5 Å². The smallest absolute Gasteiger partial charge is 0.337 e. The third kappa shape index (κ3) is 4.35. The van der Waals surface area contributed by atoms with Crippen LogP contribution in [-0.4, -0.2) is 30.7 Å². The molecule has 158 valence electrons. The lowest BCUT2D eigenvalue weighted by Gasteiger charge is -2.29. The number of nitrogens with two attached hydrogens (primary N) is 1. The topological polar surface area (TPSA) is 136 Å². The molecular weight excluding hydrogens is 388 g/mol. The first-order valence-electron chi connectivity index (χ1n) is 9.35. The Morgan fingerprint density at radius 3 is 2.43 bits per heavy atom. The monoisotopic (exact) mass is 412 g/mol. The van der Waals surface area contributed by atoms with Crippen LogP contribution in [0.15, 0.2) is 33.8 Å². The highest BCUT2D eigenvalue weighted by atomic mass is 16.5. The maximum Gasteiger partial charge on any atom is 0.337 e. The van der Waals surface area contributed by atoms with Crippen molar-refractivity contribution in [1.82, 2.24) is 5.43 Å². The molecule has 0 atom stereocenters. The van der Waals surface area contributed by atoms with Gasteiger partial charge in [0.2, 0.25) is 0 Å². The van der Waals surface area contributed by atoms with E-state index in [0.29, 0.717) is 46.7 Å². The number of nitrogens with zero attached hydrogens (tertiary/aromatic N) is 1. The van der Waals surface area contributed by atoms with E-state index >= 15 is 0 Å². The molecule has 30 heavy (non-hydrogen) atoms. The maximum atomic E-state index is 12.8. The van der Waals surface area contributed by atoms with E-state index in [1.807, 2.05) is 0 Å². The zero-order valence-corrected chi connectivity index (χ0v) is 17.3. The van der Waals surface area contributed by atoms with E-state index in [0.717, 1.165) is 0 Å². The van der Waals surface area contributed by atoms with Gasteiger partial charge in [-0.3, -0.25) is 4.79 Å². The summed E-state index contributed by atoms with van der Waals surface area (Å²) >= 11 is 0. The largest absolute Gasteiger partial charge is 0.465 e. The minimum atomic E-state index is -0.762. The molecule has 1 aliphatic carbocycles. The van der Waals surface area contributed by atoms with Crippen LogP contribution in [0.2, 0.25) is 0 Å². The number of furan rings is 1. The molecule has 3 rings (SSSR count). The second-order valence-electron chi connectivity index (χ2n) is 7.93. The molecule has 4 N–H and O–H groups in total. The average Bonchev–Trinajstić information content (AvgIpc) is 3.01. The summed E-state index contributed by atoms with van der Waals surface area (Å²) in [6.07, 6.45) is 1.22. The van der Waals surface area contributed by atoms with Crippen LogP contribution >= 0.6 is 0 Å². The maximum absolute atomic E-state index is 12.8. The zero-order chi connectivity index (χ0) is 22.1. The number of nitrogens with one attached hydrogen (secondary N) is 2. The standard InChI is InChI=1S/C21H24N4O5/c1-11-16-14(24-25-20(22)28)9-21(2,3)10-15(16)30-17(11)18(26)23-13-7-5-12(6-8-13)19(27)29-4/h5-8H,9-10H2,1-4H3,(H,23,26)(H3,22,25,28)/b24-14-. The van der Waals surface area contributed by atoms with Gasteiger partial charge in [-0.25, -0.2) is 15.0 Å². The summed E-state index contributed by atoms with van der Waals surface area (Å²) in [5.41, 5.74) is 10.1. The number of hydrazone groups is 1. The van der Waals surface area contributed by atoms with Crippen LogP contribution in [0.25, 0.3) is 0 Å². The highest BCUT2D eigenvalue weighted by molar-refractivity contribution is 6.09. The Bertz CT molecular complexity index is 1030. The van der Waals surface area contributed by atoms with E-state index in [9.17, 15) is 14.4 Å². The lowest BCUT2D eigenvalue weighted by molar-refractivity contribution is 0.0600. The van der Waals surface area contributed by atoms with E-state index in [2.05, 4.69) is 34.4 Å². The van der Waals surface area contributed by atoms with Crippen molar-refractivity contribution >= 4 is 29.3 Å². The Kier molecular flexibility index (Phi) is 5.64. The highest BCUT2D eigenvalue weighted by Gasteiger charge is 2.36.